The number of phosphoric acid groups is 1. The Morgan fingerprint density at radius 3 is 2.00 bits per heavy atom. The molecule has 0 N–H and O–H groups in total. The van der Waals surface area contributed by atoms with E-state index >= 15 is 0 Å². The van der Waals surface area contributed by atoms with Gasteiger partial charge in [-0.05, 0) is 0 Å². The van der Waals surface area contributed by atoms with Gasteiger partial charge in [-0.2, -0.15) is 0 Å². The molecule has 0 rings (SSSR count). The van der Waals surface area contributed by atoms with E-state index in [1.54, 1.807) is 0 Å². The summed E-state index contributed by atoms with van der Waals surface area (Å²) in [6.07, 6.45) is 0. The Bertz CT molecular complexity index is 281. The first-order chi connectivity index (χ1) is 6.52. The largest absolute Gasteiger partial charge is 0.529 e. The van der Waals surface area contributed by atoms with Gasteiger partial charge in [0.05, 0.1) is 5.03 Å². The standard InChI is InChI=1S/C6H8Cl3O4P/c1-11-14(10,12-2)13-6(4-8)5(9)3-7/h3-4H,1-2H3. The molecule has 0 heterocycles. The Kier molecular flexibility index (Phi) is 6.87. The van der Waals surface area contributed by atoms with Crippen LogP contribution in [0.2, 0.25) is 0 Å². The molecule has 14 heavy (non-hydrogen) atoms. The Hall–Kier alpha value is 0.300. The fourth-order valence-corrected chi connectivity index (χ4v) is 1.66. The zero-order valence-corrected chi connectivity index (χ0v) is 10.5. The molecule has 0 aliphatic carbocycles. The summed E-state index contributed by atoms with van der Waals surface area (Å²) in [5, 5.41) is -0.0176. The van der Waals surface area contributed by atoms with Crippen molar-refractivity contribution in [1.29, 1.82) is 0 Å². The molecular weight excluding hydrogens is 273 g/mol. The van der Waals surface area contributed by atoms with Crippen LogP contribution in [-0.4, -0.2) is 14.2 Å². The number of hydrogen-bond donors (Lipinski definition) is 0. The Morgan fingerprint density at radius 2 is 1.71 bits per heavy atom. The summed E-state index contributed by atoms with van der Waals surface area (Å²) in [6, 6.07) is 0. The van der Waals surface area contributed by atoms with Crippen LogP contribution in [0.1, 0.15) is 0 Å². The fourth-order valence-electron chi connectivity index (χ4n) is 0.439. The minimum atomic E-state index is -3.66. The smallest absolute Gasteiger partial charge is 0.401 e. The number of hydrogen-bond acceptors (Lipinski definition) is 4. The predicted molar refractivity (Wildman–Crippen MR) is 56.4 cm³/mol. The maximum atomic E-state index is 11.4. The van der Waals surface area contributed by atoms with Gasteiger partial charge in [-0.15, -0.1) is 0 Å². The van der Waals surface area contributed by atoms with Crippen LogP contribution >= 0.6 is 42.6 Å². The van der Waals surface area contributed by atoms with Crippen LogP contribution in [0.3, 0.4) is 0 Å². The Balaban J connectivity index is 4.72. The van der Waals surface area contributed by atoms with Crippen LogP contribution < -0.4 is 0 Å². The van der Waals surface area contributed by atoms with E-state index in [1.165, 1.54) is 0 Å². The summed E-state index contributed by atoms with van der Waals surface area (Å²) >= 11 is 16.2. The van der Waals surface area contributed by atoms with E-state index in [1.807, 2.05) is 0 Å². The van der Waals surface area contributed by atoms with Crippen molar-refractivity contribution in [2.45, 2.75) is 0 Å². The Labute approximate surface area is 97.0 Å². The maximum absolute atomic E-state index is 11.4. The highest BCUT2D eigenvalue weighted by atomic mass is 35.5. The molecule has 0 aliphatic heterocycles. The van der Waals surface area contributed by atoms with Crippen molar-refractivity contribution >= 4 is 42.6 Å². The van der Waals surface area contributed by atoms with Gasteiger partial charge in [0.15, 0.2) is 5.76 Å². The quantitative estimate of drug-likeness (QED) is 0.437. The second-order valence-corrected chi connectivity index (χ2v) is 4.48. The first-order valence-corrected chi connectivity index (χ1v) is 5.92. The lowest BCUT2D eigenvalue weighted by molar-refractivity contribution is 0.186. The summed E-state index contributed by atoms with van der Waals surface area (Å²) in [4.78, 5) is 0. The highest BCUT2D eigenvalue weighted by Crippen LogP contribution is 2.51. The van der Waals surface area contributed by atoms with Crippen LogP contribution in [0.5, 0.6) is 0 Å². The van der Waals surface area contributed by atoms with Crippen molar-refractivity contribution in [1.82, 2.24) is 0 Å². The van der Waals surface area contributed by atoms with Gasteiger partial charge in [0, 0.05) is 25.3 Å². The van der Waals surface area contributed by atoms with Crippen molar-refractivity contribution in [3.63, 3.8) is 0 Å². The molecule has 8 heteroatoms. The minimum Gasteiger partial charge on any atom is -0.401 e. The summed E-state index contributed by atoms with van der Waals surface area (Å²) < 4.78 is 25.2. The molecule has 0 saturated carbocycles. The molecule has 0 amide bonds. The van der Waals surface area contributed by atoms with E-state index in [0.29, 0.717) is 0 Å². The predicted octanol–water partition coefficient (Wildman–Crippen LogP) is 3.80. The minimum absolute atomic E-state index is 0.0176. The van der Waals surface area contributed by atoms with Gasteiger partial charge in [0.25, 0.3) is 0 Å². The van der Waals surface area contributed by atoms with E-state index in [-0.39, 0.29) is 10.8 Å². The SMILES string of the molecule is COP(=O)(OC)OC(=CCl)C(Cl)=CCl. The number of phosphoric ester groups is 1. The third-order valence-corrected chi connectivity index (χ3v) is 3.23. The summed E-state index contributed by atoms with van der Waals surface area (Å²) in [7, 11) is -1.34. The average Bonchev–Trinajstić information content (AvgIpc) is 2.24. The second-order valence-electron chi connectivity index (χ2n) is 1.83. The molecule has 0 radical (unpaired) electrons. The molecular formula is C6H8Cl3O4P. The van der Waals surface area contributed by atoms with Crippen molar-refractivity contribution < 1.29 is 18.1 Å². The monoisotopic (exact) mass is 280 g/mol. The third-order valence-electron chi connectivity index (χ3n) is 1.09. The van der Waals surface area contributed by atoms with Crippen molar-refractivity contribution in [2.75, 3.05) is 14.2 Å². The lowest BCUT2D eigenvalue weighted by Crippen LogP contribution is -1.95. The van der Waals surface area contributed by atoms with E-state index in [4.69, 9.17) is 39.3 Å². The molecule has 0 aromatic heterocycles. The molecule has 0 atom stereocenters. The first-order valence-electron chi connectivity index (χ1n) is 3.20. The van der Waals surface area contributed by atoms with Gasteiger partial charge in [-0.3, -0.25) is 9.05 Å². The molecule has 4 nitrogen and oxygen atoms in total. The lowest BCUT2D eigenvalue weighted by atomic mass is 10.5. The van der Waals surface area contributed by atoms with Crippen molar-refractivity contribution in [3.05, 3.63) is 21.9 Å². The van der Waals surface area contributed by atoms with Crippen LogP contribution in [0.15, 0.2) is 21.9 Å². The van der Waals surface area contributed by atoms with Crippen molar-refractivity contribution in [3.8, 4) is 0 Å². The van der Waals surface area contributed by atoms with Crippen LogP contribution in [0.4, 0.5) is 0 Å². The molecule has 0 aliphatic rings. The molecule has 0 aromatic rings. The van der Waals surface area contributed by atoms with E-state index in [2.05, 4.69) is 9.05 Å². The molecule has 0 bridgehead atoms. The highest BCUT2D eigenvalue weighted by Gasteiger charge is 2.26. The van der Waals surface area contributed by atoms with Crippen molar-refractivity contribution in [2.24, 2.45) is 0 Å². The average molecular weight is 281 g/mol. The molecule has 0 aromatic carbocycles. The first kappa shape index (κ1) is 14.3. The van der Waals surface area contributed by atoms with E-state index in [9.17, 15) is 4.57 Å². The summed E-state index contributed by atoms with van der Waals surface area (Å²) in [5.74, 6) is -0.102. The normalized spacial score (nSPS) is 14.4. The van der Waals surface area contributed by atoms with Crippen LogP contribution in [0, 0.1) is 0 Å². The van der Waals surface area contributed by atoms with Gasteiger partial charge in [0.1, 0.15) is 0 Å². The zero-order valence-electron chi connectivity index (χ0n) is 7.37. The molecule has 0 spiro atoms. The van der Waals surface area contributed by atoms with E-state index < -0.39 is 7.82 Å². The topological polar surface area (TPSA) is 44.8 Å². The fraction of sp³-hybridized carbons (Fsp3) is 0.333. The number of allylic oxidation sites excluding steroid dienone is 1. The molecule has 0 fully saturated rings. The van der Waals surface area contributed by atoms with E-state index in [0.717, 1.165) is 25.3 Å². The zero-order chi connectivity index (χ0) is 11.2. The van der Waals surface area contributed by atoms with Crippen LogP contribution in [0.25, 0.3) is 0 Å². The van der Waals surface area contributed by atoms with Crippen LogP contribution in [-0.2, 0) is 18.1 Å². The second kappa shape index (κ2) is 6.72. The number of halogens is 3. The molecule has 0 saturated heterocycles. The lowest BCUT2D eigenvalue weighted by Gasteiger charge is -2.15. The summed E-state index contributed by atoms with van der Waals surface area (Å²) in [5.41, 5.74) is 1.97. The summed E-state index contributed by atoms with van der Waals surface area (Å²) in [6.45, 7) is 0. The Morgan fingerprint density at radius 1 is 1.21 bits per heavy atom. The van der Waals surface area contributed by atoms with Gasteiger partial charge in [0.2, 0.25) is 0 Å². The molecule has 0 unspecified atom stereocenters. The number of rotatable bonds is 5. The van der Waals surface area contributed by atoms with Gasteiger partial charge >= 0.3 is 7.82 Å². The highest BCUT2D eigenvalue weighted by molar-refractivity contribution is 7.48. The maximum Gasteiger partial charge on any atom is 0.529 e. The third kappa shape index (κ3) is 4.22. The van der Waals surface area contributed by atoms with Gasteiger partial charge < -0.3 is 4.52 Å². The van der Waals surface area contributed by atoms with Gasteiger partial charge in [-0.1, -0.05) is 34.8 Å². The van der Waals surface area contributed by atoms with Gasteiger partial charge in [-0.25, -0.2) is 4.57 Å². The molecule has 82 valence electrons.